The largest absolute Gasteiger partial charge is 0.348 e. The minimum Gasteiger partial charge on any atom is -0.348 e. The van der Waals surface area contributed by atoms with Crippen molar-refractivity contribution in [2.75, 3.05) is 13.2 Å². The van der Waals surface area contributed by atoms with Gasteiger partial charge in [-0.05, 0) is 12.8 Å². The van der Waals surface area contributed by atoms with Crippen molar-refractivity contribution in [3.05, 3.63) is 41.4 Å². The van der Waals surface area contributed by atoms with Crippen molar-refractivity contribution in [2.45, 2.75) is 44.1 Å². The lowest BCUT2D eigenvalue weighted by Gasteiger charge is -2.35. The highest BCUT2D eigenvalue weighted by molar-refractivity contribution is 7.15. The quantitative estimate of drug-likeness (QED) is 0.930. The third kappa shape index (κ3) is 3.48. The van der Waals surface area contributed by atoms with E-state index in [9.17, 15) is 0 Å². The summed E-state index contributed by atoms with van der Waals surface area (Å²) in [4.78, 5) is 5.84. The van der Waals surface area contributed by atoms with Crippen molar-refractivity contribution in [3.63, 3.8) is 0 Å². The summed E-state index contributed by atoms with van der Waals surface area (Å²) < 4.78 is 11.6. The van der Waals surface area contributed by atoms with E-state index in [2.05, 4.69) is 34.6 Å². The van der Waals surface area contributed by atoms with E-state index in [1.165, 1.54) is 10.4 Å². The number of rotatable bonds is 4. The molecule has 2 aliphatic rings. The molecular formula is C18H22N2O2S. The Bertz CT molecular complexity index is 627. The van der Waals surface area contributed by atoms with Crippen molar-refractivity contribution in [1.82, 2.24) is 10.3 Å². The maximum atomic E-state index is 5.79. The van der Waals surface area contributed by atoms with Gasteiger partial charge in [0.1, 0.15) is 5.01 Å². The van der Waals surface area contributed by atoms with Crippen LogP contribution in [0.4, 0.5) is 0 Å². The number of thiazole rings is 1. The Hall–Kier alpha value is -1.27. The molecule has 0 unspecified atom stereocenters. The fourth-order valence-corrected chi connectivity index (χ4v) is 4.26. The van der Waals surface area contributed by atoms with Crippen LogP contribution in [0, 0.1) is 0 Å². The highest BCUT2D eigenvalue weighted by Gasteiger charge is 2.40. The molecule has 1 aromatic carbocycles. The first kappa shape index (κ1) is 15.3. The van der Waals surface area contributed by atoms with E-state index >= 15 is 0 Å². The summed E-state index contributed by atoms with van der Waals surface area (Å²) in [6.07, 6.45) is 6.23. The highest BCUT2D eigenvalue weighted by atomic mass is 32.1. The third-order valence-corrected chi connectivity index (χ3v) is 5.75. The van der Waals surface area contributed by atoms with Crippen LogP contribution in [0.1, 0.15) is 30.6 Å². The number of nitrogens with one attached hydrogen (secondary N) is 1. The first-order valence-corrected chi connectivity index (χ1v) is 9.16. The standard InChI is InChI=1S/C18H22N2O2S/c1-2-4-14(5-3-1)17-20-13-16(23-17)12-19-15-6-8-18(9-7-15)21-10-11-22-18/h1-5,13,15,19H,6-12H2. The van der Waals surface area contributed by atoms with Gasteiger partial charge in [0.25, 0.3) is 0 Å². The van der Waals surface area contributed by atoms with Crippen LogP contribution in [0.5, 0.6) is 0 Å². The Morgan fingerprint density at radius 3 is 2.61 bits per heavy atom. The SMILES string of the molecule is c1ccc(-c2ncc(CNC3CCC4(CC3)OCCO4)s2)cc1. The number of hydrogen-bond donors (Lipinski definition) is 1. The Morgan fingerprint density at radius 1 is 1.13 bits per heavy atom. The van der Waals surface area contributed by atoms with Gasteiger partial charge in [-0.3, -0.25) is 0 Å². The Balaban J connectivity index is 1.29. The van der Waals surface area contributed by atoms with Gasteiger partial charge in [0.05, 0.1) is 13.2 Å². The lowest BCUT2D eigenvalue weighted by atomic mass is 9.90. The molecule has 2 heterocycles. The highest BCUT2D eigenvalue weighted by Crippen LogP contribution is 2.36. The molecule has 0 radical (unpaired) electrons. The third-order valence-electron chi connectivity index (χ3n) is 4.70. The van der Waals surface area contributed by atoms with E-state index in [1.807, 2.05) is 12.3 Å². The van der Waals surface area contributed by atoms with Gasteiger partial charge in [0, 0.05) is 42.1 Å². The summed E-state index contributed by atoms with van der Waals surface area (Å²) in [6.45, 7) is 2.40. The fraction of sp³-hybridized carbons (Fsp3) is 0.500. The van der Waals surface area contributed by atoms with Gasteiger partial charge in [-0.1, -0.05) is 30.3 Å². The molecule has 122 valence electrons. The molecule has 0 amide bonds. The van der Waals surface area contributed by atoms with Gasteiger partial charge >= 0.3 is 0 Å². The van der Waals surface area contributed by atoms with Crippen LogP contribution in [-0.4, -0.2) is 30.0 Å². The van der Waals surface area contributed by atoms with Crippen molar-refractivity contribution >= 4 is 11.3 Å². The van der Waals surface area contributed by atoms with Crippen LogP contribution in [0.25, 0.3) is 10.6 Å². The van der Waals surface area contributed by atoms with Gasteiger partial charge < -0.3 is 14.8 Å². The predicted molar refractivity (Wildman–Crippen MR) is 91.3 cm³/mol. The van der Waals surface area contributed by atoms with Gasteiger partial charge in [0.15, 0.2) is 5.79 Å². The van der Waals surface area contributed by atoms with Gasteiger partial charge in [0.2, 0.25) is 0 Å². The zero-order chi connectivity index (χ0) is 15.5. The van der Waals surface area contributed by atoms with Crippen molar-refractivity contribution in [3.8, 4) is 10.6 Å². The van der Waals surface area contributed by atoms with Crippen LogP contribution in [-0.2, 0) is 16.0 Å². The molecule has 1 saturated carbocycles. The molecule has 1 aliphatic heterocycles. The molecule has 1 spiro atoms. The molecule has 0 bridgehead atoms. The lowest BCUT2D eigenvalue weighted by Crippen LogP contribution is -2.41. The number of nitrogens with zero attached hydrogens (tertiary/aromatic N) is 1. The second-order valence-electron chi connectivity index (χ2n) is 6.26. The molecule has 0 atom stereocenters. The monoisotopic (exact) mass is 330 g/mol. The average molecular weight is 330 g/mol. The first-order valence-electron chi connectivity index (χ1n) is 8.34. The molecule has 4 nitrogen and oxygen atoms in total. The number of hydrogen-bond acceptors (Lipinski definition) is 5. The van der Waals surface area contributed by atoms with E-state index < -0.39 is 0 Å². The van der Waals surface area contributed by atoms with Crippen molar-refractivity contribution < 1.29 is 9.47 Å². The van der Waals surface area contributed by atoms with Crippen LogP contribution >= 0.6 is 11.3 Å². The number of aromatic nitrogens is 1. The topological polar surface area (TPSA) is 43.4 Å². The smallest absolute Gasteiger partial charge is 0.168 e. The molecular weight excluding hydrogens is 308 g/mol. The van der Waals surface area contributed by atoms with E-state index in [0.717, 1.165) is 50.4 Å². The molecule has 5 heteroatoms. The predicted octanol–water partition coefficient (Wildman–Crippen LogP) is 3.59. The van der Waals surface area contributed by atoms with Crippen LogP contribution in [0.3, 0.4) is 0 Å². The van der Waals surface area contributed by atoms with E-state index in [4.69, 9.17) is 9.47 Å². The summed E-state index contributed by atoms with van der Waals surface area (Å²) in [6, 6.07) is 10.9. The molecule has 1 saturated heterocycles. The second kappa shape index (κ2) is 6.69. The molecule has 2 aromatic rings. The van der Waals surface area contributed by atoms with Gasteiger partial charge in [-0.2, -0.15) is 0 Å². The van der Waals surface area contributed by atoms with E-state index in [-0.39, 0.29) is 5.79 Å². The molecule has 1 aromatic heterocycles. The van der Waals surface area contributed by atoms with Crippen LogP contribution < -0.4 is 5.32 Å². The summed E-state index contributed by atoms with van der Waals surface area (Å²) in [5.74, 6) is -0.261. The summed E-state index contributed by atoms with van der Waals surface area (Å²) >= 11 is 1.77. The summed E-state index contributed by atoms with van der Waals surface area (Å²) in [7, 11) is 0. The van der Waals surface area contributed by atoms with E-state index in [0.29, 0.717) is 6.04 Å². The van der Waals surface area contributed by atoms with E-state index in [1.54, 1.807) is 11.3 Å². The summed E-state index contributed by atoms with van der Waals surface area (Å²) in [5, 5.41) is 4.76. The Labute approximate surface area is 140 Å². The minimum absolute atomic E-state index is 0.261. The lowest BCUT2D eigenvalue weighted by molar-refractivity contribution is -0.179. The first-order chi connectivity index (χ1) is 11.3. The number of ether oxygens (including phenoxy) is 2. The number of benzene rings is 1. The molecule has 4 rings (SSSR count). The molecule has 1 N–H and O–H groups in total. The van der Waals surface area contributed by atoms with Gasteiger partial charge in [-0.25, -0.2) is 4.98 Å². The maximum absolute atomic E-state index is 5.79. The Morgan fingerprint density at radius 2 is 1.87 bits per heavy atom. The minimum atomic E-state index is -0.261. The zero-order valence-corrected chi connectivity index (χ0v) is 14.0. The van der Waals surface area contributed by atoms with Crippen molar-refractivity contribution in [1.29, 1.82) is 0 Å². The average Bonchev–Trinajstić information content (AvgIpc) is 3.25. The summed E-state index contributed by atoms with van der Waals surface area (Å²) in [5.41, 5.74) is 1.19. The zero-order valence-electron chi connectivity index (χ0n) is 13.2. The van der Waals surface area contributed by atoms with Gasteiger partial charge in [-0.15, -0.1) is 11.3 Å². The molecule has 23 heavy (non-hydrogen) atoms. The molecule has 2 fully saturated rings. The fourth-order valence-electron chi connectivity index (χ4n) is 3.40. The molecule has 1 aliphatic carbocycles. The van der Waals surface area contributed by atoms with Crippen molar-refractivity contribution in [2.24, 2.45) is 0 Å². The maximum Gasteiger partial charge on any atom is 0.168 e. The van der Waals surface area contributed by atoms with Crippen LogP contribution in [0.15, 0.2) is 36.5 Å². The van der Waals surface area contributed by atoms with Crippen LogP contribution in [0.2, 0.25) is 0 Å². The Kier molecular flexibility index (Phi) is 4.44. The normalized spacial score (nSPS) is 21.0. The second-order valence-corrected chi connectivity index (χ2v) is 7.38.